The summed E-state index contributed by atoms with van der Waals surface area (Å²) in [7, 11) is -1.91. The zero-order valence-corrected chi connectivity index (χ0v) is 16.3. The molecule has 28 heavy (non-hydrogen) atoms. The van der Waals surface area contributed by atoms with Gasteiger partial charge in [0, 0.05) is 10.4 Å². The Kier molecular flexibility index (Phi) is 5.34. The van der Waals surface area contributed by atoms with Crippen LogP contribution >= 0.6 is 11.3 Å². The summed E-state index contributed by atoms with van der Waals surface area (Å²) in [6, 6.07) is 9.12. The first-order valence-corrected chi connectivity index (χ1v) is 10.1. The van der Waals surface area contributed by atoms with E-state index < -0.39 is 32.7 Å². The molecule has 1 aromatic heterocycles. The van der Waals surface area contributed by atoms with Crippen molar-refractivity contribution >= 4 is 49.1 Å². The van der Waals surface area contributed by atoms with Crippen molar-refractivity contribution in [3.05, 3.63) is 58.7 Å². The van der Waals surface area contributed by atoms with Crippen LogP contribution in [0.3, 0.4) is 0 Å². The van der Waals surface area contributed by atoms with E-state index >= 15 is 0 Å². The van der Waals surface area contributed by atoms with E-state index in [1.54, 1.807) is 12.1 Å². The van der Waals surface area contributed by atoms with Crippen LogP contribution in [0.25, 0.3) is 10.1 Å². The zero-order valence-electron chi connectivity index (χ0n) is 14.7. The molecule has 2 aromatic carbocycles. The molecule has 146 valence electrons. The molecule has 7 nitrogen and oxygen atoms in total. The lowest BCUT2D eigenvalue weighted by molar-refractivity contribution is 0.0594. The summed E-state index contributed by atoms with van der Waals surface area (Å²) in [4.78, 5) is 22.9. The summed E-state index contributed by atoms with van der Waals surface area (Å²) < 4.78 is 51.5. The number of carbonyl (C=O) groups excluding carboxylic acids is 2. The number of carbonyl (C=O) groups is 2. The number of nitrogens with one attached hydrogen (secondary N) is 1. The van der Waals surface area contributed by atoms with Gasteiger partial charge in [0.25, 0.3) is 10.0 Å². The zero-order chi connectivity index (χ0) is 20.5. The first-order valence-electron chi connectivity index (χ1n) is 7.78. The molecule has 1 heterocycles. The second kappa shape index (κ2) is 7.56. The highest BCUT2D eigenvalue weighted by Gasteiger charge is 2.22. The maximum absolute atomic E-state index is 14.1. The standard InChI is InChI=1S/C18H14FNO6S2/c1-25-17(21)10-3-5-13(19)16(9-10)28(23,24)20-12-4-6-14-11(7-12)8-15(27-14)18(22)26-2/h3-9,20H,1-2H3. The van der Waals surface area contributed by atoms with Gasteiger partial charge in [-0.2, -0.15) is 0 Å². The van der Waals surface area contributed by atoms with Crippen LogP contribution < -0.4 is 4.72 Å². The molecule has 10 heteroatoms. The van der Waals surface area contributed by atoms with E-state index in [1.165, 1.54) is 30.6 Å². The molecular weight excluding hydrogens is 409 g/mol. The van der Waals surface area contributed by atoms with Gasteiger partial charge in [0.15, 0.2) is 0 Å². The number of anilines is 1. The lowest BCUT2D eigenvalue weighted by Crippen LogP contribution is -2.15. The Bertz CT molecular complexity index is 1190. The predicted octanol–water partition coefficient (Wildman–Crippen LogP) is 3.41. The van der Waals surface area contributed by atoms with Gasteiger partial charge in [-0.1, -0.05) is 0 Å². The fraction of sp³-hybridized carbons (Fsp3) is 0.111. The molecule has 3 rings (SSSR count). The van der Waals surface area contributed by atoms with Crippen LogP contribution in [0.4, 0.5) is 10.1 Å². The van der Waals surface area contributed by atoms with Crippen molar-refractivity contribution in [1.82, 2.24) is 0 Å². The lowest BCUT2D eigenvalue weighted by Gasteiger charge is -2.10. The number of thiophene rings is 1. The van der Waals surface area contributed by atoms with E-state index in [0.29, 0.717) is 10.3 Å². The second-order valence-corrected chi connectivity index (χ2v) is 8.33. The van der Waals surface area contributed by atoms with E-state index in [4.69, 9.17) is 0 Å². The van der Waals surface area contributed by atoms with Crippen molar-refractivity contribution < 1.29 is 31.9 Å². The summed E-state index contributed by atoms with van der Waals surface area (Å²) in [5, 5.41) is 0.620. The molecular formula is C18H14FNO6S2. The van der Waals surface area contributed by atoms with Crippen molar-refractivity contribution in [3.63, 3.8) is 0 Å². The Morgan fingerprint density at radius 3 is 2.39 bits per heavy atom. The largest absolute Gasteiger partial charge is 0.465 e. The van der Waals surface area contributed by atoms with Crippen molar-refractivity contribution in [2.75, 3.05) is 18.9 Å². The van der Waals surface area contributed by atoms with Gasteiger partial charge in [-0.3, -0.25) is 4.72 Å². The van der Waals surface area contributed by atoms with E-state index in [9.17, 15) is 22.4 Å². The predicted molar refractivity (Wildman–Crippen MR) is 102 cm³/mol. The molecule has 0 aliphatic carbocycles. The van der Waals surface area contributed by atoms with Gasteiger partial charge in [-0.15, -0.1) is 11.3 Å². The van der Waals surface area contributed by atoms with Crippen LogP contribution in [-0.2, 0) is 19.5 Å². The highest BCUT2D eigenvalue weighted by atomic mass is 32.2. The minimum Gasteiger partial charge on any atom is -0.465 e. The summed E-state index contributed by atoms with van der Waals surface area (Å²) >= 11 is 1.20. The van der Waals surface area contributed by atoms with Gasteiger partial charge in [0.2, 0.25) is 0 Å². The number of rotatable bonds is 5. The average molecular weight is 423 g/mol. The number of halogens is 1. The third-order valence-corrected chi connectivity index (χ3v) is 6.29. The topological polar surface area (TPSA) is 98.8 Å². The molecule has 0 saturated heterocycles. The first-order chi connectivity index (χ1) is 13.2. The molecule has 0 atom stereocenters. The van der Waals surface area contributed by atoms with Gasteiger partial charge in [-0.05, 0) is 47.9 Å². The maximum Gasteiger partial charge on any atom is 0.348 e. The maximum atomic E-state index is 14.1. The number of methoxy groups -OCH3 is 2. The molecule has 0 amide bonds. The Morgan fingerprint density at radius 2 is 1.71 bits per heavy atom. The summed E-state index contributed by atoms with van der Waals surface area (Å²) in [5.74, 6) is -2.29. The van der Waals surface area contributed by atoms with Gasteiger partial charge < -0.3 is 9.47 Å². The Labute approximate surface area is 163 Å². The third-order valence-electron chi connectivity index (χ3n) is 3.80. The number of hydrogen-bond donors (Lipinski definition) is 1. The van der Waals surface area contributed by atoms with Gasteiger partial charge in [-0.25, -0.2) is 22.4 Å². The van der Waals surface area contributed by atoms with E-state index in [1.807, 2.05) is 0 Å². The van der Waals surface area contributed by atoms with Crippen LogP contribution in [0.5, 0.6) is 0 Å². The summed E-state index contributed by atoms with van der Waals surface area (Å²) in [6.07, 6.45) is 0. The molecule has 0 bridgehead atoms. The fourth-order valence-corrected chi connectivity index (χ4v) is 4.59. The first kappa shape index (κ1) is 19.8. The number of esters is 2. The van der Waals surface area contributed by atoms with Crippen LogP contribution in [0, 0.1) is 5.82 Å². The van der Waals surface area contributed by atoms with Crippen molar-refractivity contribution in [2.24, 2.45) is 0 Å². The molecule has 0 radical (unpaired) electrons. The Hall–Kier alpha value is -2.98. The molecule has 3 aromatic rings. The molecule has 1 N–H and O–H groups in total. The van der Waals surface area contributed by atoms with E-state index in [2.05, 4.69) is 14.2 Å². The third kappa shape index (κ3) is 3.82. The Morgan fingerprint density at radius 1 is 1.00 bits per heavy atom. The minimum atomic E-state index is -4.31. The molecule has 0 spiro atoms. The molecule has 0 saturated carbocycles. The minimum absolute atomic E-state index is 0.0970. The highest BCUT2D eigenvalue weighted by Crippen LogP contribution is 2.30. The Balaban J connectivity index is 1.96. The van der Waals surface area contributed by atoms with Gasteiger partial charge >= 0.3 is 11.9 Å². The molecule has 0 fully saturated rings. The van der Waals surface area contributed by atoms with Crippen LogP contribution in [-0.4, -0.2) is 34.6 Å². The highest BCUT2D eigenvalue weighted by molar-refractivity contribution is 7.92. The van der Waals surface area contributed by atoms with Crippen molar-refractivity contribution in [2.45, 2.75) is 4.90 Å². The number of benzene rings is 2. The van der Waals surface area contributed by atoms with Gasteiger partial charge in [0.1, 0.15) is 15.6 Å². The fourth-order valence-electron chi connectivity index (χ4n) is 2.47. The van der Waals surface area contributed by atoms with Crippen LogP contribution in [0.15, 0.2) is 47.4 Å². The molecule has 0 aliphatic rings. The smallest absolute Gasteiger partial charge is 0.348 e. The quantitative estimate of drug-likeness (QED) is 0.632. The number of ether oxygens (including phenoxy) is 2. The van der Waals surface area contributed by atoms with E-state index in [-0.39, 0.29) is 11.3 Å². The van der Waals surface area contributed by atoms with Crippen molar-refractivity contribution in [1.29, 1.82) is 0 Å². The van der Waals surface area contributed by atoms with E-state index in [0.717, 1.165) is 30.0 Å². The number of hydrogen-bond acceptors (Lipinski definition) is 7. The number of fused-ring (bicyclic) bond motifs is 1. The monoisotopic (exact) mass is 423 g/mol. The summed E-state index contributed by atoms with van der Waals surface area (Å²) in [5.41, 5.74) is 0.0740. The SMILES string of the molecule is COC(=O)c1ccc(F)c(S(=O)(=O)Nc2ccc3sc(C(=O)OC)cc3c2)c1. The normalized spacial score (nSPS) is 11.2. The number of sulfonamides is 1. The van der Waals surface area contributed by atoms with Gasteiger partial charge in [0.05, 0.1) is 19.8 Å². The second-order valence-electron chi connectivity index (χ2n) is 5.60. The average Bonchev–Trinajstić information content (AvgIpc) is 3.10. The van der Waals surface area contributed by atoms with Crippen molar-refractivity contribution in [3.8, 4) is 0 Å². The summed E-state index contributed by atoms with van der Waals surface area (Å²) in [6.45, 7) is 0. The lowest BCUT2D eigenvalue weighted by atomic mass is 10.2. The molecule has 0 aliphatic heterocycles. The van der Waals surface area contributed by atoms with Crippen LogP contribution in [0.2, 0.25) is 0 Å². The molecule has 0 unspecified atom stereocenters. The van der Waals surface area contributed by atoms with Crippen LogP contribution in [0.1, 0.15) is 20.0 Å².